The molecule has 0 unspecified atom stereocenters. The highest BCUT2D eigenvalue weighted by atomic mass is 16.6. The maximum atomic E-state index is 10.2. The van der Waals surface area contributed by atoms with E-state index < -0.39 is 6.09 Å². The Morgan fingerprint density at radius 1 is 1.50 bits per heavy atom. The van der Waals surface area contributed by atoms with Crippen molar-refractivity contribution in [2.24, 2.45) is 5.73 Å². The molecule has 1 aromatic heterocycles. The van der Waals surface area contributed by atoms with E-state index in [2.05, 4.69) is 14.7 Å². The third-order valence-corrected chi connectivity index (χ3v) is 0.974. The quantitative estimate of drug-likeness (QED) is 0.612. The van der Waals surface area contributed by atoms with E-state index in [0.29, 0.717) is 6.29 Å². The maximum Gasteiger partial charge on any atom is 0.411 e. The Kier molecular flexibility index (Phi) is 2.32. The second kappa shape index (κ2) is 3.42. The minimum absolute atomic E-state index is 0.0342. The normalized spacial score (nSPS) is 9.00. The zero-order valence-corrected chi connectivity index (χ0v) is 5.93. The van der Waals surface area contributed by atoms with Crippen molar-refractivity contribution in [3.63, 3.8) is 0 Å². The molecule has 6 nitrogen and oxygen atoms in total. The lowest BCUT2D eigenvalue weighted by atomic mass is 10.5. The van der Waals surface area contributed by atoms with Gasteiger partial charge in [0.25, 0.3) is 0 Å². The van der Waals surface area contributed by atoms with Crippen LogP contribution in [0.5, 0.6) is 5.88 Å². The maximum absolute atomic E-state index is 10.2. The van der Waals surface area contributed by atoms with Crippen molar-refractivity contribution in [1.29, 1.82) is 0 Å². The van der Waals surface area contributed by atoms with Gasteiger partial charge in [0, 0.05) is 0 Å². The number of hydrogen-bond donors (Lipinski definition) is 1. The number of amides is 1. The van der Waals surface area contributed by atoms with Crippen LogP contribution in [0.1, 0.15) is 10.5 Å². The highest BCUT2D eigenvalue weighted by Gasteiger charge is 1.99. The fraction of sp³-hybridized carbons (Fsp3) is 0. The van der Waals surface area contributed by atoms with Crippen LogP contribution in [0.3, 0.4) is 0 Å². The Balaban J connectivity index is 2.77. The van der Waals surface area contributed by atoms with Gasteiger partial charge in [0.15, 0.2) is 6.29 Å². The van der Waals surface area contributed by atoms with Crippen molar-refractivity contribution in [3.05, 3.63) is 18.1 Å². The molecule has 0 aromatic carbocycles. The molecular formula is C6H5N3O3. The summed E-state index contributed by atoms with van der Waals surface area (Å²) in [5.41, 5.74) is 4.86. The SMILES string of the molecule is NC(=O)Oc1cnc(C=O)cn1. The summed E-state index contributed by atoms with van der Waals surface area (Å²) in [7, 11) is 0. The third kappa shape index (κ3) is 2.01. The van der Waals surface area contributed by atoms with E-state index in [0.717, 1.165) is 6.20 Å². The zero-order chi connectivity index (χ0) is 8.97. The number of aldehydes is 1. The van der Waals surface area contributed by atoms with Crippen molar-refractivity contribution in [2.45, 2.75) is 0 Å². The van der Waals surface area contributed by atoms with Crippen molar-refractivity contribution >= 4 is 12.4 Å². The lowest BCUT2D eigenvalue weighted by molar-refractivity contribution is 0.111. The van der Waals surface area contributed by atoms with Crippen LogP contribution in [0, 0.1) is 0 Å². The average molecular weight is 167 g/mol. The predicted molar refractivity (Wildman–Crippen MR) is 37.6 cm³/mol. The second-order valence-electron chi connectivity index (χ2n) is 1.82. The molecule has 2 N–H and O–H groups in total. The molecule has 1 aromatic rings. The van der Waals surface area contributed by atoms with Gasteiger partial charge < -0.3 is 10.5 Å². The zero-order valence-electron chi connectivity index (χ0n) is 5.93. The van der Waals surface area contributed by atoms with Crippen molar-refractivity contribution in [3.8, 4) is 5.88 Å². The van der Waals surface area contributed by atoms with Crippen molar-refractivity contribution in [2.75, 3.05) is 0 Å². The molecule has 62 valence electrons. The molecule has 0 fully saturated rings. The van der Waals surface area contributed by atoms with E-state index in [1.807, 2.05) is 0 Å². The largest absolute Gasteiger partial charge is 0.411 e. The van der Waals surface area contributed by atoms with Crippen molar-refractivity contribution in [1.82, 2.24) is 9.97 Å². The molecule has 0 atom stereocenters. The average Bonchev–Trinajstić information content (AvgIpc) is 2.05. The number of rotatable bonds is 2. The first-order valence-corrected chi connectivity index (χ1v) is 2.97. The lowest BCUT2D eigenvalue weighted by Gasteiger charge is -1.96. The van der Waals surface area contributed by atoms with Gasteiger partial charge in [-0.3, -0.25) is 4.79 Å². The van der Waals surface area contributed by atoms with Crippen LogP contribution in [0.4, 0.5) is 4.79 Å². The second-order valence-corrected chi connectivity index (χ2v) is 1.82. The van der Waals surface area contributed by atoms with Gasteiger partial charge in [-0.1, -0.05) is 0 Å². The third-order valence-electron chi connectivity index (χ3n) is 0.974. The fourth-order valence-electron chi connectivity index (χ4n) is 0.543. The monoisotopic (exact) mass is 167 g/mol. The summed E-state index contributed by atoms with van der Waals surface area (Å²) in [5, 5.41) is 0. The number of nitrogens with two attached hydrogens (primary N) is 1. The molecule has 12 heavy (non-hydrogen) atoms. The predicted octanol–water partition coefficient (Wildman–Crippen LogP) is -0.253. The first-order valence-electron chi connectivity index (χ1n) is 2.97. The Bertz CT molecular complexity index is 295. The summed E-state index contributed by atoms with van der Waals surface area (Å²) in [5.74, 6) is -0.0342. The van der Waals surface area contributed by atoms with Gasteiger partial charge in [0.05, 0.1) is 12.4 Å². The Labute approximate surface area is 67.4 Å². The van der Waals surface area contributed by atoms with E-state index in [4.69, 9.17) is 5.73 Å². The minimum Gasteiger partial charge on any atom is -0.390 e. The van der Waals surface area contributed by atoms with E-state index >= 15 is 0 Å². The molecule has 0 saturated carbocycles. The van der Waals surface area contributed by atoms with Crippen LogP contribution in [-0.4, -0.2) is 22.3 Å². The highest BCUT2D eigenvalue weighted by molar-refractivity contribution is 5.71. The van der Waals surface area contributed by atoms with Crippen molar-refractivity contribution < 1.29 is 14.3 Å². The van der Waals surface area contributed by atoms with Crippen LogP contribution in [0.15, 0.2) is 12.4 Å². The standard InChI is InChI=1S/C6H5N3O3/c7-6(11)12-5-2-8-4(3-10)1-9-5/h1-3H,(H2,7,11). The number of ether oxygens (including phenoxy) is 1. The van der Waals surface area contributed by atoms with Gasteiger partial charge in [-0.15, -0.1) is 0 Å². The topological polar surface area (TPSA) is 95.2 Å². The van der Waals surface area contributed by atoms with E-state index in [-0.39, 0.29) is 11.6 Å². The Morgan fingerprint density at radius 2 is 2.25 bits per heavy atom. The fourth-order valence-corrected chi connectivity index (χ4v) is 0.543. The molecular weight excluding hydrogens is 162 g/mol. The molecule has 0 aliphatic heterocycles. The molecule has 0 saturated heterocycles. The molecule has 0 radical (unpaired) electrons. The van der Waals surface area contributed by atoms with Gasteiger partial charge in [-0.05, 0) is 0 Å². The smallest absolute Gasteiger partial charge is 0.390 e. The molecule has 6 heteroatoms. The summed E-state index contributed by atoms with van der Waals surface area (Å²) in [4.78, 5) is 27.5. The minimum atomic E-state index is -0.969. The summed E-state index contributed by atoms with van der Waals surface area (Å²) >= 11 is 0. The Morgan fingerprint density at radius 3 is 2.67 bits per heavy atom. The summed E-state index contributed by atoms with van der Waals surface area (Å²) < 4.78 is 4.36. The Hall–Kier alpha value is -1.98. The van der Waals surface area contributed by atoms with E-state index in [1.165, 1.54) is 6.20 Å². The molecule has 0 spiro atoms. The van der Waals surface area contributed by atoms with Crippen LogP contribution >= 0.6 is 0 Å². The number of carbonyl (C=O) groups is 2. The molecule has 1 rings (SSSR count). The highest BCUT2D eigenvalue weighted by Crippen LogP contribution is 2.01. The van der Waals surface area contributed by atoms with Crippen LogP contribution < -0.4 is 10.5 Å². The summed E-state index contributed by atoms with van der Waals surface area (Å²) in [6.07, 6.45) is 1.86. The van der Waals surface area contributed by atoms with E-state index in [9.17, 15) is 9.59 Å². The first kappa shape index (κ1) is 8.12. The van der Waals surface area contributed by atoms with Crippen LogP contribution in [0.2, 0.25) is 0 Å². The number of hydrogen-bond acceptors (Lipinski definition) is 5. The number of primary amides is 1. The van der Waals surface area contributed by atoms with Crippen LogP contribution in [-0.2, 0) is 0 Å². The number of carbonyl (C=O) groups excluding carboxylic acids is 2. The summed E-state index contributed by atoms with van der Waals surface area (Å²) in [6, 6.07) is 0. The molecule has 0 aliphatic carbocycles. The van der Waals surface area contributed by atoms with Gasteiger partial charge in [-0.25, -0.2) is 14.8 Å². The van der Waals surface area contributed by atoms with Gasteiger partial charge in [0.2, 0.25) is 5.88 Å². The molecule has 0 aliphatic rings. The lowest BCUT2D eigenvalue weighted by Crippen LogP contribution is -2.17. The van der Waals surface area contributed by atoms with Gasteiger partial charge in [0.1, 0.15) is 5.69 Å². The number of aromatic nitrogens is 2. The van der Waals surface area contributed by atoms with Gasteiger partial charge in [-0.2, -0.15) is 0 Å². The van der Waals surface area contributed by atoms with Gasteiger partial charge >= 0.3 is 6.09 Å². The first-order chi connectivity index (χ1) is 5.72. The molecule has 1 heterocycles. The van der Waals surface area contributed by atoms with E-state index in [1.54, 1.807) is 0 Å². The summed E-state index contributed by atoms with van der Waals surface area (Å²) in [6.45, 7) is 0. The van der Waals surface area contributed by atoms with Crippen LogP contribution in [0.25, 0.3) is 0 Å². The number of nitrogens with zero attached hydrogens (tertiary/aromatic N) is 2. The molecule has 1 amide bonds. The molecule has 0 bridgehead atoms.